The van der Waals surface area contributed by atoms with Crippen LogP contribution in [-0.2, 0) is 0 Å². The van der Waals surface area contributed by atoms with Gasteiger partial charge in [-0.1, -0.05) is 23.2 Å². The molecule has 108 valence electrons. The second-order valence-corrected chi connectivity index (χ2v) is 5.07. The summed E-state index contributed by atoms with van der Waals surface area (Å²) in [7, 11) is 0. The summed E-state index contributed by atoms with van der Waals surface area (Å²) in [5.41, 5.74) is 0.479. The van der Waals surface area contributed by atoms with Crippen molar-refractivity contribution in [3.05, 3.63) is 28.2 Å². The Bertz CT molecular complexity index is 524. The van der Waals surface area contributed by atoms with E-state index in [2.05, 4.69) is 16.0 Å². The lowest BCUT2D eigenvalue weighted by molar-refractivity contribution is 0.216. The lowest BCUT2D eigenvalue weighted by Gasteiger charge is -2.14. The van der Waals surface area contributed by atoms with Gasteiger partial charge in [0.05, 0.1) is 10.7 Å². The van der Waals surface area contributed by atoms with Crippen molar-refractivity contribution in [3.63, 3.8) is 0 Å². The summed E-state index contributed by atoms with van der Waals surface area (Å²) in [6.45, 7) is 2.13. The van der Waals surface area contributed by atoms with Gasteiger partial charge in [-0.2, -0.15) is 0 Å². The number of halogens is 2. The molecule has 20 heavy (non-hydrogen) atoms. The molecule has 1 aliphatic rings. The molecular weight excluding hydrogens is 303 g/mol. The fourth-order valence-electron chi connectivity index (χ4n) is 1.79. The summed E-state index contributed by atoms with van der Waals surface area (Å²) in [6.07, 6.45) is 0. The second-order valence-electron chi connectivity index (χ2n) is 4.22. The van der Waals surface area contributed by atoms with Crippen molar-refractivity contribution in [1.82, 2.24) is 15.5 Å². The molecule has 0 spiro atoms. The minimum absolute atomic E-state index is 0.104. The summed E-state index contributed by atoms with van der Waals surface area (Å²) in [4.78, 5) is 24.6. The Morgan fingerprint density at radius 2 is 2.20 bits per heavy atom. The number of nitrogens with zero attached hydrogens (tertiary/aromatic N) is 1. The zero-order valence-electron chi connectivity index (χ0n) is 10.6. The molecule has 4 amide bonds. The number of benzene rings is 1. The first-order valence-corrected chi connectivity index (χ1v) is 6.84. The zero-order valence-corrected chi connectivity index (χ0v) is 12.1. The molecule has 1 saturated heterocycles. The average molecular weight is 317 g/mol. The molecule has 0 aromatic heterocycles. The van der Waals surface area contributed by atoms with Crippen LogP contribution in [0.25, 0.3) is 0 Å². The van der Waals surface area contributed by atoms with E-state index in [-0.39, 0.29) is 12.1 Å². The molecule has 1 fully saturated rings. The molecule has 2 rings (SSSR count). The molecule has 0 saturated carbocycles. The van der Waals surface area contributed by atoms with Crippen LogP contribution < -0.4 is 16.0 Å². The smallest absolute Gasteiger partial charge is 0.319 e. The van der Waals surface area contributed by atoms with Crippen LogP contribution in [-0.4, -0.2) is 43.1 Å². The third-order valence-corrected chi connectivity index (χ3v) is 3.34. The number of amides is 4. The quantitative estimate of drug-likeness (QED) is 0.796. The largest absolute Gasteiger partial charge is 0.336 e. The van der Waals surface area contributed by atoms with Crippen LogP contribution in [0.15, 0.2) is 18.2 Å². The Balaban J connectivity index is 1.76. The Hall–Kier alpha value is -1.66. The standard InChI is InChI=1S/C12H14Cl2N4O2/c13-8-1-2-10(9(14)7-8)17-11(19)15-3-5-18-6-4-16-12(18)20/h1-2,7H,3-6H2,(H,16,20)(H2,15,17,19). The molecule has 0 unspecified atom stereocenters. The highest BCUT2D eigenvalue weighted by atomic mass is 35.5. The van der Waals surface area contributed by atoms with E-state index >= 15 is 0 Å². The SMILES string of the molecule is O=C(NCCN1CCNC1=O)Nc1ccc(Cl)cc1Cl. The highest BCUT2D eigenvalue weighted by Gasteiger charge is 2.18. The molecule has 1 aromatic rings. The molecule has 1 aliphatic heterocycles. The van der Waals surface area contributed by atoms with Crippen LogP contribution in [0.1, 0.15) is 0 Å². The number of hydrogen-bond donors (Lipinski definition) is 3. The molecule has 1 aromatic carbocycles. The molecular formula is C12H14Cl2N4O2. The monoisotopic (exact) mass is 316 g/mol. The van der Waals surface area contributed by atoms with Crippen LogP contribution in [0.2, 0.25) is 10.0 Å². The van der Waals surface area contributed by atoms with E-state index in [0.717, 1.165) is 0 Å². The van der Waals surface area contributed by atoms with Crippen LogP contribution in [0.5, 0.6) is 0 Å². The molecule has 6 nitrogen and oxygen atoms in total. The van der Waals surface area contributed by atoms with Crippen LogP contribution in [0.4, 0.5) is 15.3 Å². The van der Waals surface area contributed by atoms with E-state index in [9.17, 15) is 9.59 Å². The molecule has 8 heteroatoms. The predicted molar refractivity (Wildman–Crippen MR) is 78.5 cm³/mol. The number of nitrogens with one attached hydrogen (secondary N) is 3. The lowest BCUT2D eigenvalue weighted by Crippen LogP contribution is -2.38. The van der Waals surface area contributed by atoms with E-state index in [1.165, 1.54) is 0 Å². The first-order chi connectivity index (χ1) is 9.56. The molecule has 0 bridgehead atoms. The topological polar surface area (TPSA) is 73.5 Å². The van der Waals surface area contributed by atoms with Crippen molar-refractivity contribution in [2.45, 2.75) is 0 Å². The Kier molecular flexibility index (Phi) is 4.92. The van der Waals surface area contributed by atoms with Crippen molar-refractivity contribution in [2.24, 2.45) is 0 Å². The molecule has 1 heterocycles. The van der Waals surface area contributed by atoms with Gasteiger partial charge in [-0.25, -0.2) is 9.59 Å². The van der Waals surface area contributed by atoms with Gasteiger partial charge in [0.1, 0.15) is 0 Å². The van der Waals surface area contributed by atoms with Gasteiger partial charge < -0.3 is 20.9 Å². The summed E-state index contributed by atoms with van der Waals surface area (Å²) in [5.74, 6) is 0. The highest BCUT2D eigenvalue weighted by molar-refractivity contribution is 6.36. The maximum Gasteiger partial charge on any atom is 0.319 e. The molecule has 0 atom stereocenters. The third-order valence-electron chi connectivity index (χ3n) is 2.79. The fourth-order valence-corrected chi connectivity index (χ4v) is 2.24. The van der Waals surface area contributed by atoms with Gasteiger partial charge in [-0.15, -0.1) is 0 Å². The summed E-state index contributed by atoms with van der Waals surface area (Å²) < 4.78 is 0. The normalized spacial score (nSPS) is 14.1. The van der Waals surface area contributed by atoms with Crippen molar-refractivity contribution in [3.8, 4) is 0 Å². The Labute approximate surface area is 126 Å². The number of urea groups is 2. The summed E-state index contributed by atoms with van der Waals surface area (Å²) >= 11 is 11.7. The minimum atomic E-state index is -0.381. The average Bonchev–Trinajstić information content (AvgIpc) is 2.79. The van der Waals surface area contributed by atoms with E-state index < -0.39 is 0 Å². The number of carbonyl (C=O) groups excluding carboxylic acids is 2. The van der Waals surface area contributed by atoms with Gasteiger partial charge >= 0.3 is 12.1 Å². The summed E-state index contributed by atoms with van der Waals surface area (Å²) in [5, 5.41) is 8.83. The van der Waals surface area contributed by atoms with Gasteiger partial charge in [0.2, 0.25) is 0 Å². The Morgan fingerprint density at radius 1 is 1.40 bits per heavy atom. The van der Waals surface area contributed by atoms with Gasteiger partial charge in [-0.05, 0) is 18.2 Å². The highest BCUT2D eigenvalue weighted by Crippen LogP contribution is 2.25. The zero-order chi connectivity index (χ0) is 14.5. The fraction of sp³-hybridized carbons (Fsp3) is 0.333. The minimum Gasteiger partial charge on any atom is -0.336 e. The maximum absolute atomic E-state index is 11.7. The Morgan fingerprint density at radius 3 is 2.85 bits per heavy atom. The van der Waals surface area contributed by atoms with E-state index in [4.69, 9.17) is 23.2 Å². The third kappa shape index (κ3) is 3.91. The van der Waals surface area contributed by atoms with Crippen LogP contribution >= 0.6 is 23.2 Å². The molecule has 0 radical (unpaired) electrons. The molecule has 3 N–H and O–H groups in total. The van der Waals surface area contributed by atoms with Crippen molar-refractivity contribution < 1.29 is 9.59 Å². The van der Waals surface area contributed by atoms with Gasteiger partial charge in [-0.3, -0.25) is 0 Å². The first-order valence-electron chi connectivity index (χ1n) is 6.09. The van der Waals surface area contributed by atoms with Crippen LogP contribution in [0, 0.1) is 0 Å². The summed E-state index contributed by atoms with van der Waals surface area (Å²) in [6, 6.07) is 4.32. The van der Waals surface area contributed by atoms with Crippen LogP contribution in [0.3, 0.4) is 0 Å². The van der Waals surface area contributed by atoms with Gasteiger partial charge in [0.15, 0.2) is 0 Å². The number of anilines is 1. The number of carbonyl (C=O) groups is 2. The van der Waals surface area contributed by atoms with E-state index in [1.807, 2.05) is 0 Å². The van der Waals surface area contributed by atoms with Gasteiger partial charge in [0, 0.05) is 31.2 Å². The second kappa shape index (κ2) is 6.67. The lowest BCUT2D eigenvalue weighted by atomic mass is 10.3. The van der Waals surface area contributed by atoms with Crippen molar-refractivity contribution in [1.29, 1.82) is 0 Å². The number of hydrogen-bond acceptors (Lipinski definition) is 2. The number of rotatable bonds is 4. The van der Waals surface area contributed by atoms with Crippen molar-refractivity contribution in [2.75, 3.05) is 31.5 Å². The van der Waals surface area contributed by atoms with E-state index in [0.29, 0.717) is 41.9 Å². The van der Waals surface area contributed by atoms with Crippen molar-refractivity contribution >= 4 is 41.0 Å². The first kappa shape index (κ1) is 14.7. The predicted octanol–water partition coefficient (Wildman–Crippen LogP) is 2.14. The maximum atomic E-state index is 11.7. The van der Waals surface area contributed by atoms with E-state index in [1.54, 1.807) is 23.1 Å². The molecule has 0 aliphatic carbocycles. The van der Waals surface area contributed by atoms with Gasteiger partial charge in [0.25, 0.3) is 0 Å².